The maximum absolute atomic E-state index is 6.20. The molecule has 4 N–H and O–H groups in total. The van der Waals surface area contributed by atoms with Gasteiger partial charge in [-0.1, -0.05) is 56.1 Å². The van der Waals surface area contributed by atoms with E-state index in [1.54, 1.807) is 4.68 Å². The van der Waals surface area contributed by atoms with Crippen LogP contribution in [0.2, 0.25) is 0 Å². The summed E-state index contributed by atoms with van der Waals surface area (Å²) >= 11 is 7.14. The van der Waals surface area contributed by atoms with Crippen molar-refractivity contribution in [3.63, 3.8) is 0 Å². The van der Waals surface area contributed by atoms with Crippen LogP contribution in [0.25, 0.3) is 21.8 Å². The summed E-state index contributed by atoms with van der Waals surface area (Å²) in [5.74, 6) is 6.47. The third-order valence-corrected chi connectivity index (χ3v) is 6.38. The Morgan fingerprint density at radius 2 is 1.52 bits per heavy atom. The number of fused-ring (bicyclic) bond motifs is 3. The highest BCUT2D eigenvalue weighted by atomic mass is 79.9. The molecule has 2 heterocycles. The molecule has 0 atom stereocenters. The number of halogens is 2. The van der Waals surface area contributed by atoms with Crippen LogP contribution >= 0.6 is 31.9 Å². The highest BCUT2D eigenvalue weighted by molar-refractivity contribution is 9.10. The summed E-state index contributed by atoms with van der Waals surface area (Å²) < 4.78 is 3.71. The fourth-order valence-corrected chi connectivity index (χ4v) is 4.98. The first-order valence-corrected chi connectivity index (χ1v) is 11.4. The molecule has 3 aromatic carbocycles. The minimum atomic E-state index is 0.267. The molecule has 2 aromatic heterocycles. The minimum Gasteiger partial charge on any atom is -0.368 e. The summed E-state index contributed by atoms with van der Waals surface area (Å²) in [6.45, 7) is 0. The van der Waals surface area contributed by atoms with Gasteiger partial charge in [0.15, 0.2) is 0 Å². The first-order valence-electron chi connectivity index (χ1n) is 9.81. The highest BCUT2D eigenvalue weighted by Gasteiger charge is 2.17. The van der Waals surface area contributed by atoms with Gasteiger partial charge in [-0.05, 0) is 59.5 Å². The van der Waals surface area contributed by atoms with E-state index in [0.717, 1.165) is 54.0 Å². The van der Waals surface area contributed by atoms with E-state index in [1.165, 1.54) is 5.56 Å². The molecule has 5 rings (SSSR count). The van der Waals surface area contributed by atoms with E-state index in [0.29, 0.717) is 6.42 Å². The Bertz CT molecular complexity index is 1440. The molecule has 0 unspecified atom stereocenters. The van der Waals surface area contributed by atoms with Gasteiger partial charge in [0, 0.05) is 32.3 Å². The van der Waals surface area contributed by atoms with Crippen LogP contribution < -0.4 is 11.6 Å². The number of nitrogen functional groups attached to an aromatic ring is 2. The van der Waals surface area contributed by atoms with Gasteiger partial charge in [0.05, 0.1) is 16.7 Å². The second kappa shape index (κ2) is 7.98. The largest absolute Gasteiger partial charge is 0.368 e. The van der Waals surface area contributed by atoms with Crippen LogP contribution in [0.15, 0.2) is 75.8 Å². The van der Waals surface area contributed by atoms with E-state index in [1.807, 2.05) is 36.5 Å². The van der Waals surface area contributed by atoms with E-state index in [-0.39, 0.29) is 5.95 Å². The molecule has 0 spiro atoms. The van der Waals surface area contributed by atoms with E-state index in [2.05, 4.69) is 72.2 Å². The zero-order valence-electron chi connectivity index (χ0n) is 16.5. The third-order valence-electron chi connectivity index (χ3n) is 5.39. The van der Waals surface area contributed by atoms with Gasteiger partial charge in [-0.2, -0.15) is 0 Å². The van der Waals surface area contributed by atoms with Crippen LogP contribution in [0.4, 0.5) is 5.95 Å². The molecule has 0 saturated carbocycles. The summed E-state index contributed by atoms with van der Waals surface area (Å²) in [7, 11) is 0. The van der Waals surface area contributed by atoms with Crippen LogP contribution in [-0.4, -0.2) is 14.6 Å². The van der Waals surface area contributed by atoms with Crippen molar-refractivity contribution in [1.29, 1.82) is 0 Å². The van der Waals surface area contributed by atoms with Crippen molar-refractivity contribution >= 4 is 59.6 Å². The second-order valence-corrected chi connectivity index (χ2v) is 9.39. The number of nitrogens with two attached hydrogens (primary N) is 2. The van der Waals surface area contributed by atoms with Crippen molar-refractivity contribution < 1.29 is 0 Å². The number of hydrogen-bond acceptors (Lipinski definition) is 4. The van der Waals surface area contributed by atoms with Crippen molar-refractivity contribution in [3.8, 4) is 0 Å². The molecule has 154 valence electrons. The van der Waals surface area contributed by atoms with Gasteiger partial charge in [-0.3, -0.25) is 4.68 Å². The molecule has 0 amide bonds. The van der Waals surface area contributed by atoms with Crippen LogP contribution in [0.5, 0.6) is 0 Å². The molecule has 0 aliphatic heterocycles. The van der Waals surface area contributed by atoms with Crippen molar-refractivity contribution in [2.75, 3.05) is 11.6 Å². The molecular formula is C24H19Br2N5. The number of aromatic nitrogens is 3. The molecular weight excluding hydrogens is 518 g/mol. The molecule has 31 heavy (non-hydrogen) atoms. The smallest absolute Gasteiger partial charge is 0.220 e. The lowest BCUT2D eigenvalue weighted by atomic mass is 9.95. The van der Waals surface area contributed by atoms with E-state index in [9.17, 15) is 0 Å². The molecule has 5 nitrogen and oxygen atoms in total. The van der Waals surface area contributed by atoms with Crippen LogP contribution in [0, 0.1) is 0 Å². The minimum absolute atomic E-state index is 0.267. The zero-order chi connectivity index (χ0) is 21.5. The summed E-state index contributed by atoms with van der Waals surface area (Å²) in [5, 5.41) is 2.01. The number of rotatable bonds is 4. The summed E-state index contributed by atoms with van der Waals surface area (Å²) in [6, 6.07) is 20.7. The van der Waals surface area contributed by atoms with Gasteiger partial charge in [0.25, 0.3) is 0 Å². The molecule has 0 radical (unpaired) electrons. The lowest BCUT2D eigenvalue weighted by Gasteiger charge is -2.14. The average molecular weight is 537 g/mol. The number of anilines is 1. The topological polar surface area (TPSA) is 82.8 Å². The number of nitrogens with zero attached hydrogens (tertiary/aromatic N) is 3. The average Bonchev–Trinajstić information content (AvgIpc) is 3.09. The van der Waals surface area contributed by atoms with Crippen LogP contribution in [0.1, 0.15) is 22.4 Å². The monoisotopic (exact) mass is 535 g/mol. The van der Waals surface area contributed by atoms with E-state index >= 15 is 0 Å². The van der Waals surface area contributed by atoms with Crippen molar-refractivity contribution in [2.24, 2.45) is 0 Å². The maximum Gasteiger partial charge on any atom is 0.220 e. The van der Waals surface area contributed by atoms with Crippen molar-refractivity contribution in [1.82, 2.24) is 14.6 Å². The SMILES string of the molecule is Nc1nc(Cc2cccc(Br)c2)c2c(Cc3cccc(Br)c3)cc3c(ccn3N)c2n1. The Morgan fingerprint density at radius 3 is 2.19 bits per heavy atom. The third kappa shape index (κ3) is 3.91. The Hall–Kier alpha value is -2.90. The molecule has 0 fully saturated rings. The number of hydrogen-bond donors (Lipinski definition) is 2. The Labute approximate surface area is 196 Å². The van der Waals surface area contributed by atoms with Crippen LogP contribution in [-0.2, 0) is 12.8 Å². The van der Waals surface area contributed by atoms with E-state index < -0.39 is 0 Å². The normalized spacial score (nSPS) is 11.4. The summed E-state index contributed by atoms with van der Waals surface area (Å²) in [5.41, 5.74) is 12.3. The Kier molecular flexibility index (Phi) is 5.16. The lowest BCUT2D eigenvalue weighted by molar-refractivity contribution is 1.05. The lowest BCUT2D eigenvalue weighted by Crippen LogP contribution is -2.08. The maximum atomic E-state index is 6.20. The second-order valence-electron chi connectivity index (χ2n) is 7.56. The number of benzene rings is 3. The highest BCUT2D eigenvalue weighted by Crippen LogP contribution is 2.33. The van der Waals surface area contributed by atoms with Gasteiger partial charge in [-0.15, -0.1) is 0 Å². The Morgan fingerprint density at radius 1 is 0.839 bits per heavy atom. The fraction of sp³-hybridized carbons (Fsp3) is 0.0833. The predicted octanol–water partition coefficient (Wildman–Crippen LogP) is 5.59. The quantitative estimate of drug-likeness (QED) is 0.293. The van der Waals surface area contributed by atoms with Gasteiger partial charge < -0.3 is 11.6 Å². The van der Waals surface area contributed by atoms with Crippen molar-refractivity contribution in [3.05, 3.63) is 98.2 Å². The molecule has 0 bridgehead atoms. The molecule has 0 aliphatic rings. The first kappa shape index (κ1) is 20.0. The molecule has 5 aromatic rings. The fourth-order valence-electron chi connectivity index (χ4n) is 4.08. The predicted molar refractivity (Wildman–Crippen MR) is 133 cm³/mol. The van der Waals surface area contributed by atoms with Gasteiger partial charge in [0.1, 0.15) is 0 Å². The first-order chi connectivity index (χ1) is 15.0. The van der Waals surface area contributed by atoms with Gasteiger partial charge in [-0.25, -0.2) is 9.97 Å². The molecule has 0 aliphatic carbocycles. The Balaban J connectivity index is 1.77. The summed E-state index contributed by atoms with van der Waals surface area (Å²) in [4.78, 5) is 9.30. The van der Waals surface area contributed by atoms with Gasteiger partial charge in [0.2, 0.25) is 5.95 Å². The standard InChI is InChI=1S/C24H19Br2N5/c25-17-5-1-3-14(10-17)9-16-13-21-19(7-8-31(21)28)23-22(16)20(29-24(27)30-23)12-15-4-2-6-18(26)11-15/h1-8,10-11,13H,9,12,28H2,(H2,27,29,30). The molecule has 7 heteroatoms. The zero-order valence-corrected chi connectivity index (χ0v) is 19.7. The summed E-state index contributed by atoms with van der Waals surface area (Å²) in [6.07, 6.45) is 3.23. The van der Waals surface area contributed by atoms with Crippen LogP contribution in [0.3, 0.4) is 0 Å². The van der Waals surface area contributed by atoms with E-state index in [4.69, 9.17) is 11.6 Å². The van der Waals surface area contributed by atoms with Gasteiger partial charge >= 0.3 is 0 Å². The molecule has 0 saturated heterocycles. The van der Waals surface area contributed by atoms with Crippen molar-refractivity contribution in [2.45, 2.75) is 12.8 Å².